The van der Waals surface area contributed by atoms with Crippen molar-refractivity contribution in [3.63, 3.8) is 0 Å². The highest BCUT2D eigenvalue weighted by molar-refractivity contribution is 7.09. The second-order valence-corrected chi connectivity index (χ2v) is 7.54. The van der Waals surface area contributed by atoms with Crippen LogP contribution in [0.1, 0.15) is 44.8 Å². The van der Waals surface area contributed by atoms with Crippen molar-refractivity contribution in [2.24, 2.45) is 11.8 Å². The number of hydrogen-bond donors (Lipinski definition) is 1. The Morgan fingerprint density at radius 3 is 2.84 bits per heavy atom. The third-order valence-corrected chi connectivity index (χ3v) is 4.69. The molecule has 2 rings (SSSR count). The van der Waals surface area contributed by atoms with Crippen LogP contribution in [0.15, 0.2) is 5.38 Å². The lowest BCUT2D eigenvalue weighted by molar-refractivity contribution is -0.124. The molecule has 0 spiro atoms. The first-order chi connectivity index (χ1) is 8.88. The number of nitrogens with zero attached hydrogens (tertiary/aromatic N) is 1. The predicted octanol–water partition coefficient (Wildman–Crippen LogP) is 2.80. The second-order valence-electron chi connectivity index (χ2n) is 6.60. The van der Waals surface area contributed by atoms with Crippen LogP contribution in [0.2, 0.25) is 0 Å². The summed E-state index contributed by atoms with van der Waals surface area (Å²) in [5, 5.41) is 6.41. The fourth-order valence-electron chi connectivity index (χ4n) is 2.51. The minimum Gasteiger partial charge on any atom is -0.316 e. The van der Waals surface area contributed by atoms with Gasteiger partial charge in [0.1, 0.15) is 10.8 Å². The van der Waals surface area contributed by atoms with Gasteiger partial charge in [-0.3, -0.25) is 4.79 Å². The van der Waals surface area contributed by atoms with Crippen LogP contribution in [0.25, 0.3) is 0 Å². The molecule has 0 radical (unpaired) electrons. The maximum Gasteiger partial charge on any atom is 0.143 e. The van der Waals surface area contributed by atoms with Gasteiger partial charge in [-0.15, -0.1) is 11.3 Å². The van der Waals surface area contributed by atoms with E-state index in [2.05, 4.69) is 43.4 Å². The molecule has 3 nitrogen and oxygen atoms in total. The molecule has 106 valence electrons. The van der Waals surface area contributed by atoms with E-state index in [1.54, 1.807) is 11.3 Å². The van der Waals surface area contributed by atoms with E-state index in [0.717, 1.165) is 30.2 Å². The molecule has 2 atom stereocenters. The van der Waals surface area contributed by atoms with Crippen LogP contribution in [-0.2, 0) is 16.6 Å². The molecule has 19 heavy (non-hydrogen) atoms. The van der Waals surface area contributed by atoms with Gasteiger partial charge >= 0.3 is 0 Å². The minimum absolute atomic E-state index is 0.0693. The summed E-state index contributed by atoms with van der Waals surface area (Å²) in [6.45, 7) is 10.6. The maximum absolute atomic E-state index is 12.4. The van der Waals surface area contributed by atoms with E-state index in [9.17, 15) is 4.79 Å². The Labute approximate surface area is 119 Å². The lowest BCUT2D eigenvalue weighted by Crippen LogP contribution is -2.39. The molecule has 0 saturated carbocycles. The molecule has 2 heterocycles. The Balaban J connectivity index is 2.00. The van der Waals surface area contributed by atoms with E-state index in [4.69, 9.17) is 0 Å². The fraction of sp³-hybridized carbons (Fsp3) is 0.733. The largest absolute Gasteiger partial charge is 0.316 e. The van der Waals surface area contributed by atoms with Gasteiger partial charge in [0.2, 0.25) is 0 Å². The van der Waals surface area contributed by atoms with Crippen LogP contribution >= 0.6 is 11.3 Å². The number of thiazole rings is 1. The SMILES string of the molecule is CC1CNCCC1C(=O)Cc1nc(C(C)(C)C)cs1. The van der Waals surface area contributed by atoms with Gasteiger partial charge in [-0.25, -0.2) is 4.98 Å². The normalized spacial score (nSPS) is 24.4. The summed E-state index contributed by atoms with van der Waals surface area (Å²) < 4.78 is 0. The molecule has 0 amide bonds. The molecule has 4 heteroatoms. The second kappa shape index (κ2) is 5.71. The maximum atomic E-state index is 12.4. The number of nitrogens with one attached hydrogen (secondary N) is 1. The van der Waals surface area contributed by atoms with E-state index in [-0.39, 0.29) is 11.3 Å². The van der Waals surface area contributed by atoms with Crippen LogP contribution in [0, 0.1) is 11.8 Å². The molecule has 0 aromatic carbocycles. The molecule has 1 fully saturated rings. The smallest absolute Gasteiger partial charge is 0.143 e. The summed E-state index contributed by atoms with van der Waals surface area (Å²) in [4.78, 5) is 17.0. The van der Waals surface area contributed by atoms with Crippen LogP contribution in [0.4, 0.5) is 0 Å². The monoisotopic (exact) mass is 280 g/mol. The highest BCUT2D eigenvalue weighted by Gasteiger charge is 2.28. The number of carbonyl (C=O) groups excluding carboxylic acids is 1. The molecular weight excluding hydrogens is 256 g/mol. The van der Waals surface area contributed by atoms with Gasteiger partial charge in [-0.05, 0) is 25.4 Å². The van der Waals surface area contributed by atoms with Crippen LogP contribution in [0.3, 0.4) is 0 Å². The quantitative estimate of drug-likeness (QED) is 0.925. The lowest BCUT2D eigenvalue weighted by atomic mass is 9.83. The molecule has 1 aliphatic rings. The van der Waals surface area contributed by atoms with E-state index in [1.165, 1.54) is 0 Å². The molecule has 1 N–H and O–H groups in total. The zero-order valence-corrected chi connectivity index (χ0v) is 13.1. The van der Waals surface area contributed by atoms with Crippen LogP contribution < -0.4 is 5.32 Å². The Hall–Kier alpha value is -0.740. The Bertz CT molecular complexity index is 447. The summed E-state index contributed by atoms with van der Waals surface area (Å²) in [6, 6.07) is 0. The molecule has 1 aromatic heterocycles. The number of hydrogen-bond acceptors (Lipinski definition) is 4. The first-order valence-corrected chi connectivity index (χ1v) is 7.94. The Morgan fingerprint density at radius 2 is 2.26 bits per heavy atom. The van der Waals surface area contributed by atoms with Gasteiger partial charge in [-0.2, -0.15) is 0 Å². The van der Waals surface area contributed by atoms with Crippen LogP contribution in [0.5, 0.6) is 0 Å². The molecular formula is C15H24N2OS. The van der Waals surface area contributed by atoms with Crippen molar-refractivity contribution in [3.8, 4) is 0 Å². The van der Waals surface area contributed by atoms with Gasteiger partial charge in [0.15, 0.2) is 0 Å². The molecule has 2 unspecified atom stereocenters. The van der Waals surface area contributed by atoms with Crippen molar-refractivity contribution in [3.05, 3.63) is 16.1 Å². The highest BCUT2D eigenvalue weighted by Crippen LogP contribution is 2.26. The fourth-order valence-corrected chi connectivity index (χ4v) is 3.54. The lowest BCUT2D eigenvalue weighted by Gasteiger charge is -2.28. The Morgan fingerprint density at radius 1 is 1.53 bits per heavy atom. The molecule has 0 aliphatic carbocycles. The molecule has 1 saturated heterocycles. The van der Waals surface area contributed by atoms with E-state index < -0.39 is 0 Å². The zero-order valence-electron chi connectivity index (χ0n) is 12.3. The molecule has 1 aliphatic heterocycles. The number of rotatable bonds is 3. The topological polar surface area (TPSA) is 42.0 Å². The van der Waals surface area contributed by atoms with Crippen molar-refractivity contribution >= 4 is 17.1 Å². The van der Waals surface area contributed by atoms with E-state index in [1.807, 2.05) is 0 Å². The summed E-state index contributed by atoms with van der Waals surface area (Å²) in [7, 11) is 0. The number of piperidine rings is 1. The third kappa shape index (κ3) is 3.63. The van der Waals surface area contributed by atoms with Gasteiger partial charge in [0.25, 0.3) is 0 Å². The molecule has 1 aromatic rings. The van der Waals surface area contributed by atoms with E-state index >= 15 is 0 Å². The summed E-state index contributed by atoms with van der Waals surface area (Å²) in [5.41, 5.74) is 1.17. The Kier molecular flexibility index (Phi) is 4.41. The van der Waals surface area contributed by atoms with Crippen LogP contribution in [-0.4, -0.2) is 23.9 Å². The first-order valence-electron chi connectivity index (χ1n) is 7.06. The standard InChI is InChI=1S/C15H24N2OS/c1-10-8-16-6-5-11(10)12(18)7-14-17-13(9-19-14)15(2,3)4/h9-11,16H,5-8H2,1-4H3. The van der Waals surface area contributed by atoms with Gasteiger partial charge in [-0.1, -0.05) is 27.7 Å². The summed E-state index contributed by atoms with van der Waals surface area (Å²) in [6.07, 6.45) is 1.48. The summed E-state index contributed by atoms with van der Waals surface area (Å²) in [5.74, 6) is 1.02. The number of ketones is 1. The van der Waals surface area contributed by atoms with Crippen molar-refractivity contribution in [2.45, 2.75) is 46.0 Å². The van der Waals surface area contributed by atoms with Gasteiger partial charge in [0, 0.05) is 16.7 Å². The third-order valence-electron chi connectivity index (χ3n) is 3.84. The zero-order chi connectivity index (χ0) is 14.0. The van der Waals surface area contributed by atoms with E-state index in [0.29, 0.717) is 18.1 Å². The van der Waals surface area contributed by atoms with Crippen molar-refractivity contribution in [1.82, 2.24) is 10.3 Å². The predicted molar refractivity (Wildman–Crippen MR) is 79.7 cm³/mol. The van der Waals surface area contributed by atoms with Crippen molar-refractivity contribution in [1.29, 1.82) is 0 Å². The minimum atomic E-state index is 0.0693. The average Bonchev–Trinajstić information content (AvgIpc) is 2.77. The van der Waals surface area contributed by atoms with Crippen molar-refractivity contribution in [2.75, 3.05) is 13.1 Å². The highest BCUT2D eigenvalue weighted by atomic mass is 32.1. The number of aromatic nitrogens is 1. The van der Waals surface area contributed by atoms with Crippen molar-refractivity contribution < 1.29 is 4.79 Å². The van der Waals surface area contributed by atoms with Gasteiger partial charge < -0.3 is 5.32 Å². The molecule has 0 bridgehead atoms. The average molecular weight is 280 g/mol. The number of Topliss-reactive ketones (excluding diaryl/α,β-unsaturated/α-hetero) is 1. The number of carbonyl (C=O) groups is 1. The summed E-state index contributed by atoms with van der Waals surface area (Å²) >= 11 is 1.62. The first kappa shape index (κ1) is 14.7. The van der Waals surface area contributed by atoms with Gasteiger partial charge in [0.05, 0.1) is 12.1 Å².